The molecule has 0 bridgehead atoms. The number of ether oxygens (including phenoxy) is 1. The fourth-order valence-corrected chi connectivity index (χ4v) is 3.17. The fraction of sp³-hybridized carbons (Fsp3) is 0.632. The number of amides is 1. The number of fused-ring (bicyclic) bond motifs is 1. The van der Waals surface area contributed by atoms with Crippen molar-refractivity contribution in [2.75, 3.05) is 20.2 Å². The van der Waals surface area contributed by atoms with Gasteiger partial charge in [-0.1, -0.05) is 26.0 Å². The molecule has 1 aromatic carbocycles. The molecule has 2 unspecified atom stereocenters. The number of benzene rings is 1. The van der Waals surface area contributed by atoms with Gasteiger partial charge in [-0.3, -0.25) is 4.79 Å². The van der Waals surface area contributed by atoms with E-state index in [0.29, 0.717) is 11.8 Å². The van der Waals surface area contributed by atoms with Crippen molar-refractivity contribution in [2.45, 2.75) is 52.4 Å². The van der Waals surface area contributed by atoms with Gasteiger partial charge in [0.1, 0.15) is 5.75 Å². The van der Waals surface area contributed by atoms with Crippen molar-refractivity contribution < 1.29 is 9.53 Å². The molecule has 1 heterocycles. The van der Waals surface area contributed by atoms with Crippen LogP contribution < -0.4 is 4.74 Å². The third-order valence-corrected chi connectivity index (χ3v) is 4.86. The summed E-state index contributed by atoms with van der Waals surface area (Å²) in [5, 5.41) is 0. The Morgan fingerprint density at radius 3 is 2.86 bits per heavy atom. The normalized spacial score (nSPS) is 15.8. The summed E-state index contributed by atoms with van der Waals surface area (Å²) in [6, 6.07) is 6.70. The number of carbonyl (C=O) groups is 1. The Morgan fingerprint density at radius 2 is 2.18 bits per heavy atom. The Bertz CT molecular complexity index is 512. The Kier molecular flexibility index (Phi) is 5.87. The molecule has 3 nitrogen and oxygen atoms in total. The molecule has 22 heavy (non-hydrogen) atoms. The maximum atomic E-state index is 11.3. The molecule has 1 amide bonds. The standard InChI is InChI=1S/C19H29NO2/c1-5-16(12-14(2)8-10-20(4)15(3)21)17-6-7-19-18(13-17)9-11-22-19/h6-7,13-14,16H,5,8-12H2,1-4H3. The predicted molar refractivity (Wildman–Crippen MR) is 90.4 cm³/mol. The van der Waals surface area contributed by atoms with Crippen molar-refractivity contribution in [1.82, 2.24) is 4.90 Å². The number of hydrogen-bond donors (Lipinski definition) is 0. The summed E-state index contributed by atoms with van der Waals surface area (Å²) in [4.78, 5) is 13.1. The van der Waals surface area contributed by atoms with Crippen molar-refractivity contribution in [3.05, 3.63) is 29.3 Å². The summed E-state index contributed by atoms with van der Waals surface area (Å²) in [5.74, 6) is 2.44. The molecule has 0 radical (unpaired) electrons. The zero-order valence-corrected chi connectivity index (χ0v) is 14.4. The molecule has 0 saturated carbocycles. The van der Waals surface area contributed by atoms with Gasteiger partial charge in [-0.2, -0.15) is 0 Å². The van der Waals surface area contributed by atoms with E-state index < -0.39 is 0 Å². The lowest BCUT2D eigenvalue weighted by atomic mass is 9.85. The minimum Gasteiger partial charge on any atom is -0.493 e. The Hall–Kier alpha value is -1.51. The van der Waals surface area contributed by atoms with E-state index in [9.17, 15) is 4.79 Å². The minimum atomic E-state index is 0.151. The molecule has 1 aliphatic rings. The highest BCUT2D eigenvalue weighted by molar-refractivity contribution is 5.72. The van der Waals surface area contributed by atoms with E-state index in [2.05, 4.69) is 32.0 Å². The van der Waals surface area contributed by atoms with Crippen LogP contribution >= 0.6 is 0 Å². The van der Waals surface area contributed by atoms with E-state index in [1.807, 2.05) is 11.9 Å². The summed E-state index contributed by atoms with van der Waals surface area (Å²) in [5.41, 5.74) is 2.80. The monoisotopic (exact) mass is 303 g/mol. The summed E-state index contributed by atoms with van der Waals surface area (Å²) in [6.07, 6.45) is 4.45. The second-order valence-corrected chi connectivity index (χ2v) is 6.64. The summed E-state index contributed by atoms with van der Waals surface area (Å²) >= 11 is 0. The average Bonchev–Trinajstić information content (AvgIpc) is 2.97. The van der Waals surface area contributed by atoms with E-state index in [1.165, 1.54) is 17.5 Å². The molecule has 0 saturated heterocycles. The first-order valence-corrected chi connectivity index (χ1v) is 8.48. The first-order valence-electron chi connectivity index (χ1n) is 8.48. The van der Waals surface area contributed by atoms with Gasteiger partial charge >= 0.3 is 0 Å². The fourth-order valence-electron chi connectivity index (χ4n) is 3.17. The highest BCUT2D eigenvalue weighted by Gasteiger charge is 2.18. The van der Waals surface area contributed by atoms with Crippen LogP contribution in [0.4, 0.5) is 0 Å². The molecule has 1 aromatic rings. The molecular weight excluding hydrogens is 274 g/mol. The Labute approximate surface area is 134 Å². The van der Waals surface area contributed by atoms with Crippen LogP contribution in [-0.2, 0) is 11.2 Å². The predicted octanol–water partition coefficient (Wildman–Crippen LogP) is 4.01. The molecule has 0 aliphatic carbocycles. The molecule has 122 valence electrons. The molecule has 0 aromatic heterocycles. The van der Waals surface area contributed by atoms with Crippen LogP contribution in [0.2, 0.25) is 0 Å². The molecular formula is C19H29NO2. The van der Waals surface area contributed by atoms with Crippen LogP contribution in [0.25, 0.3) is 0 Å². The molecule has 2 rings (SSSR count). The highest BCUT2D eigenvalue weighted by atomic mass is 16.5. The lowest BCUT2D eigenvalue weighted by Crippen LogP contribution is -2.26. The van der Waals surface area contributed by atoms with Crippen LogP contribution in [-0.4, -0.2) is 31.0 Å². The Morgan fingerprint density at radius 1 is 1.41 bits per heavy atom. The SMILES string of the molecule is CCC(CC(C)CCN(C)C(C)=O)c1ccc2c(c1)CCO2. The van der Waals surface area contributed by atoms with Gasteiger partial charge in [-0.25, -0.2) is 0 Å². The molecule has 1 aliphatic heterocycles. The van der Waals surface area contributed by atoms with Crippen LogP contribution in [0.15, 0.2) is 18.2 Å². The highest BCUT2D eigenvalue weighted by Crippen LogP contribution is 2.33. The van der Waals surface area contributed by atoms with E-state index >= 15 is 0 Å². The third-order valence-electron chi connectivity index (χ3n) is 4.86. The number of carbonyl (C=O) groups excluding carboxylic acids is 1. The van der Waals surface area contributed by atoms with E-state index in [4.69, 9.17) is 4.74 Å². The quantitative estimate of drug-likeness (QED) is 0.761. The van der Waals surface area contributed by atoms with Gasteiger partial charge in [-0.15, -0.1) is 0 Å². The van der Waals surface area contributed by atoms with Crippen molar-refractivity contribution >= 4 is 5.91 Å². The van der Waals surface area contributed by atoms with E-state index in [0.717, 1.165) is 38.2 Å². The summed E-state index contributed by atoms with van der Waals surface area (Å²) in [6.45, 7) is 7.87. The van der Waals surface area contributed by atoms with Gasteiger partial charge in [0, 0.05) is 26.9 Å². The molecule has 0 N–H and O–H groups in total. The first kappa shape index (κ1) is 16.9. The second-order valence-electron chi connectivity index (χ2n) is 6.64. The van der Waals surface area contributed by atoms with Crippen molar-refractivity contribution in [3.8, 4) is 5.75 Å². The summed E-state index contributed by atoms with van der Waals surface area (Å²) < 4.78 is 5.60. The number of rotatable bonds is 7. The van der Waals surface area contributed by atoms with E-state index in [1.54, 1.807) is 6.92 Å². The van der Waals surface area contributed by atoms with Gasteiger partial charge in [0.2, 0.25) is 5.91 Å². The lowest BCUT2D eigenvalue weighted by Gasteiger charge is -2.23. The topological polar surface area (TPSA) is 29.5 Å². The zero-order chi connectivity index (χ0) is 16.1. The average molecular weight is 303 g/mol. The minimum absolute atomic E-state index is 0.151. The largest absolute Gasteiger partial charge is 0.493 e. The number of hydrogen-bond acceptors (Lipinski definition) is 2. The Balaban J connectivity index is 1.92. The van der Waals surface area contributed by atoms with Gasteiger partial charge in [0.05, 0.1) is 6.61 Å². The molecule has 0 spiro atoms. The lowest BCUT2D eigenvalue weighted by molar-refractivity contribution is -0.127. The maximum Gasteiger partial charge on any atom is 0.219 e. The van der Waals surface area contributed by atoms with Crippen molar-refractivity contribution in [1.29, 1.82) is 0 Å². The molecule has 2 atom stereocenters. The van der Waals surface area contributed by atoms with Gasteiger partial charge in [0.15, 0.2) is 0 Å². The zero-order valence-electron chi connectivity index (χ0n) is 14.4. The van der Waals surface area contributed by atoms with Gasteiger partial charge < -0.3 is 9.64 Å². The first-order chi connectivity index (χ1) is 10.5. The molecule has 3 heteroatoms. The van der Waals surface area contributed by atoms with E-state index in [-0.39, 0.29) is 5.91 Å². The van der Waals surface area contributed by atoms with Crippen molar-refractivity contribution in [3.63, 3.8) is 0 Å². The van der Waals surface area contributed by atoms with Crippen LogP contribution in [0.1, 0.15) is 57.1 Å². The third kappa shape index (κ3) is 4.25. The number of nitrogens with zero attached hydrogens (tertiary/aromatic N) is 1. The summed E-state index contributed by atoms with van der Waals surface area (Å²) in [7, 11) is 1.88. The molecule has 0 fully saturated rings. The van der Waals surface area contributed by atoms with Crippen LogP contribution in [0, 0.1) is 5.92 Å². The van der Waals surface area contributed by atoms with Gasteiger partial charge in [0.25, 0.3) is 0 Å². The van der Waals surface area contributed by atoms with Gasteiger partial charge in [-0.05, 0) is 48.3 Å². The maximum absolute atomic E-state index is 11.3. The van der Waals surface area contributed by atoms with Crippen LogP contribution in [0.5, 0.6) is 5.75 Å². The van der Waals surface area contributed by atoms with Crippen LogP contribution in [0.3, 0.4) is 0 Å². The van der Waals surface area contributed by atoms with Crippen molar-refractivity contribution in [2.24, 2.45) is 5.92 Å². The second kappa shape index (κ2) is 7.66. The smallest absolute Gasteiger partial charge is 0.219 e.